The molecular formula is C22H17ClF3N11O2. The first kappa shape index (κ1) is 25.8. The van der Waals surface area contributed by atoms with Crippen LogP contribution in [0.5, 0.6) is 0 Å². The molecule has 2 amide bonds. The molecule has 0 saturated carbocycles. The quantitative estimate of drug-likeness (QED) is 0.323. The molecule has 1 aliphatic rings. The van der Waals surface area contributed by atoms with E-state index in [2.05, 4.69) is 41.3 Å². The number of pyridine rings is 1. The number of primary amides is 1. The van der Waals surface area contributed by atoms with E-state index in [0.29, 0.717) is 22.5 Å². The van der Waals surface area contributed by atoms with Crippen LogP contribution in [0, 0.1) is 6.92 Å². The lowest BCUT2D eigenvalue weighted by Gasteiger charge is -2.21. The van der Waals surface area contributed by atoms with Crippen LogP contribution in [-0.4, -0.2) is 53.0 Å². The number of fused-ring (bicyclic) bond motifs is 1. The van der Waals surface area contributed by atoms with E-state index in [1.165, 1.54) is 18.3 Å². The molecule has 0 unspecified atom stereocenters. The van der Waals surface area contributed by atoms with E-state index in [4.69, 9.17) is 17.3 Å². The van der Waals surface area contributed by atoms with Crippen molar-refractivity contribution in [2.45, 2.75) is 26.1 Å². The fraction of sp³-hybridized carbons (Fsp3) is 0.182. The number of rotatable bonds is 6. The maximum atomic E-state index is 13.6. The number of carbonyl (C=O) groups is 2. The summed E-state index contributed by atoms with van der Waals surface area (Å²) in [7, 11) is 0. The van der Waals surface area contributed by atoms with Gasteiger partial charge in [0, 0.05) is 18.8 Å². The molecule has 0 aliphatic carbocycles. The van der Waals surface area contributed by atoms with Crippen LogP contribution < -0.4 is 16.5 Å². The van der Waals surface area contributed by atoms with E-state index in [9.17, 15) is 22.8 Å². The molecule has 5 rings (SSSR count). The molecule has 0 radical (unpaired) electrons. The first-order valence-corrected chi connectivity index (χ1v) is 11.5. The Labute approximate surface area is 221 Å². The van der Waals surface area contributed by atoms with Gasteiger partial charge in [0.2, 0.25) is 0 Å². The van der Waals surface area contributed by atoms with Crippen LogP contribution in [0.2, 0.25) is 5.02 Å². The van der Waals surface area contributed by atoms with Crippen LogP contribution in [0.3, 0.4) is 0 Å². The molecule has 0 saturated heterocycles. The molecule has 4 N–H and O–H groups in total. The summed E-state index contributed by atoms with van der Waals surface area (Å²) in [6.45, 7) is 1.34. The van der Waals surface area contributed by atoms with E-state index in [1.54, 1.807) is 25.3 Å². The first-order valence-electron chi connectivity index (χ1n) is 11.1. The summed E-state index contributed by atoms with van der Waals surface area (Å²) < 4.78 is 39.8. The van der Waals surface area contributed by atoms with Gasteiger partial charge in [0.1, 0.15) is 12.2 Å². The number of amides is 2. The van der Waals surface area contributed by atoms with Crippen molar-refractivity contribution >= 4 is 41.0 Å². The Balaban J connectivity index is 1.55. The third-order valence-electron chi connectivity index (χ3n) is 5.61. The third-order valence-corrected chi connectivity index (χ3v) is 5.91. The summed E-state index contributed by atoms with van der Waals surface area (Å²) in [5, 5.41) is 20.8. The molecule has 200 valence electrons. The van der Waals surface area contributed by atoms with Crippen LogP contribution in [-0.2, 0) is 19.1 Å². The second-order valence-corrected chi connectivity index (χ2v) is 8.71. The van der Waals surface area contributed by atoms with Gasteiger partial charge in [-0.3, -0.25) is 15.0 Å². The zero-order chi connectivity index (χ0) is 27.9. The van der Waals surface area contributed by atoms with Gasteiger partial charge in [0.15, 0.2) is 5.82 Å². The average Bonchev–Trinajstić information content (AvgIpc) is 3.52. The molecule has 4 aromatic rings. The van der Waals surface area contributed by atoms with Crippen LogP contribution >= 0.6 is 11.6 Å². The number of nitrogens with two attached hydrogens (primary N) is 1. The molecular weight excluding hydrogens is 543 g/mol. The number of benzene rings is 1. The van der Waals surface area contributed by atoms with Gasteiger partial charge in [-0.15, -0.1) is 10.2 Å². The molecule has 3 aromatic heterocycles. The molecule has 0 spiro atoms. The van der Waals surface area contributed by atoms with Crippen molar-refractivity contribution in [3.05, 3.63) is 69.4 Å². The summed E-state index contributed by atoms with van der Waals surface area (Å²) in [6.07, 6.45) is -1.28. The minimum absolute atomic E-state index is 0.0313. The Morgan fingerprint density at radius 1 is 1.26 bits per heavy atom. The van der Waals surface area contributed by atoms with Crippen molar-refractivity contribution in [3.8, 4) is 5.82 Å². The summed E-state index contributed by atoms with van der Waals surface area (Å²) in [5.41, 5.74) is 10.3. The van der Waals surface area contributed by atoms with Crippen LogP contribution in [0.4, 0.5) is 24.5 Å². The van der Waals surface area contributed by atoms with Gasteiger partial charge in [-0.1, -0.05) is 17.7 Å². The number of hydrazone groups is 1. The lowest BCUT2D eigenvalue weighted by atomic mass is 9.97. The number of nitrogens with zero attached hydrogens (tertiary/aromatic N) is 8. The summed E-state index contributed by atoms with van der Waals surface area (Å²) in [6, 6.07) is 6.17. The van der Waals surface area contributed by atoms with Gasteiger partial charge in [0.25, 0.3) is 17.6 Å². The molecule has 0 atom stereocenters. The molecule has 17 heteroatoms. The zero-order valence-corrected chi connectivity index (χ0v) is 20.6. The highest BCUT2D eigenvalue weighted by Crippen LogP contribution is 2.34. The zero-order valence-electron chi connectivity index (χ0n) is 19.9. The summed E-state index contributed by atoms with van der Waals surface area (Å²) >= 11 is 6.29. The van der Waals surface area contributed by atoms with Crippen molar-refractivity contribution in [1.82, 2.24) is 35.0 Å². The van der Waals surface area contributed by atoms with E-state index >= 15 is 0 Å². The van der Waals surface area contributed by atoms with Gasteiger partial charge in [-0.25, -0.2) is 9.67 Å². The number of nitrogens with one attached hydrogen (secondary N) is 2. The number of anilines is 2. The Hall–Kier alpha value is -4.86. The number of tetrazole rings is 1. The summed E-state index contributed by atoms with van der Waals surface area (Å²) in [5.74, 6) is -2.88. The maximum absolute atomic E-state index is 13.6. The van der Waals surface area contributed by atoms with Crippen LogP contribution in [0.15, 0.2) is 35.6 Å². The van der Waals surface area contributed by atoms with Crippen molar-refractivity contribution in [1.29, 1.82) is 0 Å². The SMILES string of the molecule is Cc1cc2c(c(C(N)=O)c1NC(=O)c1cc(Cn3nnc(C(F)(F)F)n3)nn1-c1ncccc1Cl)NN=CC2. The number of halogens is 4. The van der Waals surface area contributed by atoms with Gasteiger partial charge in [-0.2, -0.15) is 28.2 Å². The van der Waals surface area contributed by atoms with Crippen molar-refractivity contribution in [3.63, 3.8) is 0 Å². The smallest absolute Gasteiger partial charge is 0.365 e. The number of hydrogen-bond acceptors (Lipinski definition) is 9. The Kier molecular flexibility index (Phi) is 6.47. The number of aryl methyl sites for hydroxylation is 1. The highest BCUT2D eigenvalue weighted by molar-refractivity contribution is 6.32. The fourth-order valence-corrected chi connectivity index (χ4v) is 4.15. The molecule has 1 aliphatic heterocycles. The van der Waals surface area contributed by atoms with E-state index in [-0.39, 0.29) is 40.0 Å². The van der Waals surface area contributed by atoms with E-state index in [0.717, 1.165) is 10.2 Å². The Bertz CT molecular complexity index is 1640. The second kappa shape index (κ2) is 9.79. The molecule has 0 bridgehead atoms. The predicted molar refractivity (Wildman–Crippen MR) is 132 cm³/mol. The lowest BCUT2D eigenvalue weighted by molar-refractivity contribution is -0.145. The first-order chi connectivity index (χ1) is 18.5. The van der Waals surface area contributed by atoms with Crippen molar-refractivity contribution in [2.24, 2.45) is 10.8 Å². The number of carbonyl (C=O) groups excluding carboxylic acids is 2. The minimum Gasteiger partial charge on any atom is -0.365 e. The topological polar surface area (TPSA) is 171 Å². The van der Waals surface area contributed by atoms with Crippen molar-refractivity contribution < 1.29 is 22.8 Å². The van der Waals surface area contributed by atoms with Gasteiger partial charge < -0.3 is 11.1 Å². The summed E-state index contributed by atoms with van der Waals surface area (Å²) in [4.78, 5) is 30.8. The van der Waals surface area contributed by atoms with Crippen molar-refractivity contribution in [2.75, 3.05) is 10.7 Å². The number of aromatic nitrogens is 7. The molecule has 1 aromatic carbocycles. The van der Waals surface area contributed by atoms with E-state index in [1.807, 2.05) is 0 Å². The van der Waals surface area contributed by atoms with Gasteiger partial charge in [-0.05, 0) is 41.5 Å². The largest absolute Gasteiger partial charge is 0.455 e. The molecule has 39 heavy (non-hydrogen) atoms. The standard InChI is InChI=1S/C22H17ClF3N11O2/c1-10-7-11-4-6-29-31-17(11)15(18(27)38)16(10)30-20(39)14-8-12(9-36-34-21(32-35-36)22(24,25)26)33-37(14)19-13(23)3-2-5-28-19/h2-3,5-8,31H,4,9H2,1H3,(H2,27,38)(H,30,39). The normalized spacial score (nSPS) is 12.6. The third kappa shape index (κ3) is 5.00. The van der Waals surface area contributed by atoms with Crippen LogP contribution in [0.1, 0.15) is 43.5 Å². The minimum atomic E-state index is -4.78. The second-order valence-electron chi connectivity index (χ2n) is 8.31. The fourth-order valence-electron chi connectivity index (χ4n) is 3.95. The Morgan fingerprint density at radius 2 is 2.05 bits per heavy atom. The highest BCUT2D eigenvalue weighted by atomic mass is 35.5. The monoisotopic (exact) mass is 559 g/mol. The maximum Gasteiger partial charge on any atom is 0.455 e. The molecule has 0 fully saturated rings. The van der Waals surface area contributed by atoms with Crippen LogP contribution in [0.25, 0.3) is 5.82 Å². The lowest BCUT2D eigenvalue weighted by Crippen LogP contribution is -2.24. The Morgan fingerprint density at radius 3 is 2.74 bits per heavy atom. The number of alkyl halides is 3. The highest BCUT2D eigenvalue weighted by Gasteiger charge is 2.37. The predicted octanol–water partition coefficient (Wildman–Crippen LogP) is 2.59. The molecule has 4 heterocycles. The van der Waals surface area contributed by atoms with Gasteiger partial charge in [0.05, 0.1) is 27.7 Å². The average molecular weight is 560 g/mol. The van der Waals surface area contributed by atoms with E-state index < -0.39 is 23.8 Å². The van der Waals surface area contributed by atoms with Gasteiger partial charge >= 0.3 is 6.18 Å². The molecule has 13 nitrogen and oxygen atoms in total. The number of hydrogen-bond donors (Lipinski definition) is 3.